The molecule has 0 saturated carbocycles. The van der Waals surface area contributed by atoms with Gasteiger partial charge in [0.2, 0.25) is 20.0 Å². The number of rotatable bonds is 4. The smallest absolute Gasteiger partial charge is 0.399 e. The summed E-state index contributed by atoms with van der Waals surface area (Å²) in [6.07, 6.45) is 2.90. The van der Waals surface area contributed by atoms with Crippen LogP contribution in [0.4, 0.5) is 5.69 Å². The summed E-state index contributed by atoms with van der Waals surface area (Å²) in [5, 5.41) is -0.267. The Morgan fingerprint density at radius 1 is 1.00 bits per heavy atom. The second kappa shape index (κ2) is 7.86. The van der Waals surface area contributed by atoms with Crippen LogP contribution < -0.4 is 9.17 Å². The maximum Gasteiger partial charge on any atom is 0.496 e. The second-order valence-corrected chi connectivity index (χ2v) is 11.1. The maximum absolute atomic E-state index is 12.0. The average molecular weight is 441 g/mol. The first kappa shape index (κ1) is 24.2. The first-order valence-corrected chi connectivity index (χ1v) is 12.4. The van der Waals surface area contributed by atoms with Crippen molar-refractivity contribution in [2.45, 2.75) is 52.7 Å². The minimum absolute atomic E-state index is 0.240. The molecule has 0 N–H and O–H groups in total. The van der Waals surface area contributed by atoms with E-state index in [0.717, 1.165) is 12.5 Å². The number of nitrogens with zero attached hydrogens (tertiary/aromatic N) is 2. The predicted molar refractivity (Wildman–Crippen MR) is 108 cm³/mol. The summed E-state index contributed by atoms with van der Waals surface area (Å²) in [4.78, 5) is 3.90. The Labute approximate surface area is 167 Å². The third-order valence-electron chi connectivity index (χ3n) is 4.17. The first-order valence-electron chi connectivity index (χ1n) is 8.28. The van der Waals surface area contributed by atoms with Gasteiger partial charge >= 0.3 is 7.12 Å². The minimum atomic E-state index is -4.14. The number of halogens is 1. The molecule has 0 spiro atoms. The van der Waals surface area contributed by atoms with Gasteiger partial charge in [-0.2, -0.15) is 3.71 Å². The molecule has 154 valence electrons. The second-order valence-electron chi connectivity index (χ2n) is 6.89. The fourth-order valence-corrected chi connectivity index (χ4v) is 5.54. The van der Waals surface area contributed by atoms with Crippen molar-refractivity contribution in [2.75, 3.05) is 16.2 Å². The third-order valence-corrected chi connectivity index (χ3v) is 7.68. The van der Waals surface area contributed by atoms with E-state index in [-0.39, 0.29) is 14.6 Å². The Morgan fingerprint density at radius 2 is 1.41 bits per heavy atom. The lowest BCUT2D eigenvalue weighted by atomic mass is 9.80. The summed E-state index contributed by atoms with van der Waals surface area (Å²) in [5.41, 5.74) is -1.16. The molecule has 0 amide bonds. The highest BCUT2D eigenvalue weighted by Gasteiger charge is 2.52. The zero-order chi connectivity index (χ0) is 21.4. The number of hydrogen-bond acceptors (Lipinski definition) is 7. The van der Waals surface area contributed by atoms with Gasteiger partial charge in [-0.25, -0.2) is 21.8 Å². The van der Waals surface area contributed by atoms with E-state index in [1.165, 1.54) is 12.3 Å². The molecule has 27 heavy (non-hydrogen) atoms. The lowest BCUT2D eigenvalue weighted by Gasteiger charge is -2.32. The van der Waals surface area contributed by atoms with Crippen LogP contribution in [0.3, 0.4) is 0 Å². The van der Waals surface area contributed by atoms with Gasteiger partial charge in [-0.1, -0.05) is 25.4 Å². The molecule has 0 aliphatic carbocycles. The quantitative estimate of drug-likeness (QED) is 0.519. The summed E-state index contributed by atoms with van der Waals surface area (Å²) >= 11 is 5.96. The summed E-state index contributed by atoms with van der Waals surface area (Å²) in [6, 6.07) is 1.29. The molecular formula is C15H26BClN2O6S2. The van der Waals surface area contributed by atoms with Crippen LogP contribution in [0, 0.1) is 0 Å². The van der Waals surface area contributed by atoms with Crippen molar-refractivity contribution in [3.8, 4) is 0 Å². The van der Waals surface area contributed by atoms with Crippen molar-refractivity contribution >= 4 is 49.9 Å². The molecule has 1 saturated heterocycles. The molecule has 0 unspecified atom stereocenters. The van der Waals surface area contributed by atoms with E-state index >= 15 is 0 Å². The summed E-state index contributed by atoms with van der Waals surface area (Å²) < 4.78 is 59.9. The standard InChI is InChI=1S/C13H20BClN2O6S2.C2H6/c1-12(2)13(3,4)23-14(22-12)9-7-10(11(15)16-8-9)17(24(5,18)19)25(6,20)21;1-2/h7-8H,1-6H3;1-2H3. The molecule has 0 radical (unpaired) electrons. The summed E-state index contributed by atoms with van der Waals surface area (Å²) in [6.45, 7) is 11.4. The molecule has 1 aromatic heterocycles. The van der Waals surface area contributed by atoms with Crippen LogP contribution >= 0.6 is 11.6 Å². The molecule has 1 aliphatic rings. The summed E-state index contributed by atoms with van der Waals surface area (Å²) in [5.74, 6) is 0. The zero-order valence-corrected chi connectivity index (χ0v) is 19.2. The van der Waals surface area contributed by atoms with Crippen LogP contribution in [0.5, 0.6) is 0 Å². The lowest BCUT2D eigenvalue weighted by Crippen LogP contribution is -2.41. The Morgan fingerprint density at radius 3 is 1.78 bits per heavy atom. The molecule has 0 bridgehead atoms. The molecule has 2 heterocycles. The number of hydrogen-bond donors (Lipinski definition) is 0. The third kappa shape index (κ3) is 5.14. The van der Waals surface area contributed by atoms with Crippen LogP contribution in [0.25, 0.3) is 0 Å². The van der Waals surface area contributed by atoms with Crippen molar-refractivity contribution in [3.05, 3.63) is 17.4 Å². The van der Waals surface area contributed by atoms with Crippen molar-refractivity contribution in [1.29, 1.82) is 0 Å². The van der Waals surface area contributed by atoms with Crippen LogP contribution in [0.1, 0.15) is 41.5 Å². The molecule has 8 nitrogen and oxygen atoms in total. The van der Waals surface area contributed by atoms with Crippen molar-refractivity contribution in [1.82, 2.24) is 4.98 Å². The number of sulfonamides is 2. The highest BCUT2D eigenvalue weighted by Crippen LogP contribution is 2.37. The van der Waals surface area contributed by atoms with E-state index in [9.17, 15) is 16.8 Å². The van der Waals surface area contributed by atoms with E-state index in [1.807, 2.05) is 41.5 Å². The molecule has 1 fully saturated rings. The van der Waals surface area contributed by atoms with E-state index in [4.69, 9.17) is 20.9 Å². The Bertz CT molecular complexity index is 855. The Balaban J connectivity index is 0.00000176. The fourth-order valence-electron chi connectivity index (χ4n) is 2.29. The normalized spacial score (nSPS) is 18.6. The van der Waals surface area contributed by atoms with Gasteiger partial charge in [0.15, 0.2) is 5.15 Å². The highest BCUT2D eigenvalue weighted by atomic mass is 35.5. The monoisotopic (exact) mass is 440 g/mol. The molecule has 1 aliphatic heterocycles. The van der Waals surface area contributed by atoms with E-state index in [1.54, 1.807) is 0 Å². The van der Waals surface area contributed by atoms with Crippen LogP contribution in [0.2, 0.25) is 5.15 Å². The van der Waals surface area contributed by atoms with Gasteiger partial charge in [-0.15, -0.1) is 0 Å². The van der Waals surface area contributed by atoms with Crippen molar-refractivity contribution in [3.63, 3.8) is 0 Å². The van der Waals surface area contributed by atoms with E-state index in [0.29, 0.717) is 5.46 Å². The van der Waals surface area contributed by atoms with E-state index < -0.39 is 38.4 Å². The van der Waals surface area contributed by atoms with Gasteiger partial charge in [0, 0.05) is 11.7 Å². The van der Waals surface area contributed by atoms with Crippen molar-refractivity contribution in [2.24, 2.45) is 0 Å². The summed E-state index contributed by atoms with van der Waals surface area (Å²) in [7, 11) is -9.13. The first-order chi connectivity index (χ1) is 12.1. The molecule has 12 heteroatoms. The van der Waals surface area contributed by atoms with Crippen LogP contribution in [-0.4, -0.2) is 52.7 Å². The molecule has 0 aromatic carbocycles. The lowest BCUT2D eigenvalue weighted by molar-refractivity contribution is 0.00578. The van der Waals surface area contributed by atoms with Gasteiger partial charge in [0.1, 0.15) is 5.69 Å². The number of anilines is 1. The van der Waals surface area contributed by atoms with Gasteiger partial charge < -0.3 is 9.31 Å². The van der Waals surface area contributed by atoms with Crippen LogP contribution in [0.15, 0.2) is 12.3 Å². The molecule has 2 rings (SSSR count). The van der Waals surface area contributed by atoms with Crippen molar-refractivity contribution < 1.29 is 26.1 Å². The van der Waals surface area contributed by atoms with E-state index in [2.05, 4.69) is 4.98 Å². The number of pyridine rings is 1. The maximum atomic E-state index is 12.0. The SMILES string of the molecule is CC.CC1(C)OB(c2cnc(Cl)c(N(S(C)(=O)=O)S(C)(=O)=O)c2)OC1(C)C. The van der Waals surface area contributed by atoms with Gasteiger partial charge in [-0.3, -0.25) is 0 Å². The van der Waals surface area contributed by atoms with Gasteiger partial charge in [-0.05, 0) is 33.8 Å². The largest absolute Gasteiger partial charge is 0.496 e. The topological polar surface area (TPSA) is 103 Å². The van der Waals surface area contributed by atoms with Gasteiger partial charge in [0.05, 0.1) is 23.7 Å². The number of aromatic nitrogens is 1. The minimum Gasteiger partial charge on any atom is -0.399 e. The molecule has 0 atom stereocenters. The predicted octanol–water partition coefficient (Wildman–Crippen LogP) is 1.79. The Hall–Kier alpha value is -0.875. The highest BCUT2D eigenvalue weighted by molar-refractivity contribution is 8.09. The molecular weight excluding hydrogens is 415 g/mol. The Kier molecular flexibility index (Phi) is 7.04. The fraction of sp³-hybridized carbons (Fsp3) is 0.667. The van der Waals surface area contributed by atoms with Crippen LogP contribution in [-0.2, 0) is 29.4 Å². The zero-order valence-electron chi connectivity index (χ0n) is 16.8. The average Bonchev–Trinajstić information content (AvgIpc) is 2.69. The van der Waals surface area contributed by atoms with Gasteiger partial charge in [0.25, 0.3) is 0 Å². The molecule has 1 aromatic rings.